The van der Waals surface area contributed by atoms with Gasteiger partial charge in [0.15, 0.2) is 0 Å². The average molecular weight is 133 g/mol. The highest BCUT2D eigenvalue weighted by Gasteiger charge is 1.83. The summed E-state index contributed by atoms with van der Waals surface area (Å²) in [4.78, 5) is 0. The molecule has 1 heterocycles. The Labute approximate surface area is 58.5 Å². The van der Waals surface area contributed by atoms with Crippen LogP contribution < -0.4 is 10.7 Å². The normalized spacial score (nSPS) is 13.6. The van der Waals surface area contributed by atoms with Crippen molar-refractivity contribution >= 4 is 12.2 Å². The van der Waals surface area contributed by atoms with Gasteiger partial charge in [0.05, 0.1) is 5.35 Å². The van der Waals surface area contributed by atoms with Crippen LogP contribution in [0.5, 0.6) is 0 Å². The second-order valence-electron chi connectivity index (χ2n) is 1.71. The zero-order valence-electron chi connectivity index (χ0n) is 5.63. The molecule has 0 spiro atoms. The molecule has 3 heteroatoms. The van der Waals surface area contributed by atoms with Crippen LogP contribution in [0.1, 0.15) is 6.92 Å². The maximum atomic E-state index is 5.04. The van der Waals surface area contributed by atoms with E-state index >= 15 is 0 Å². The Bertz CT molecular complexity index is 353. The predicted molar refractivity (Wildman–Crippen MR) is 39.1 cm³/mol. The van der Waals surface area contributed by atoms with Gasteiger partial charge in [-0.1, -0.05) is 17.2 Å². The first-order valence-electron chi connectivity index (χ1n) is 2.88. The van der Waals surface area contributed by atoms with Gasteiger partial charge in [-0.2, -0.15) is 0 Å². The van der Waals surface area contributed by atoms with Crippen LogP contribution in [0.3, 0.4) is 0 Å². The van der Waals surface area contributed by atoms with Gasteiger partial charge in [0.25, 0.3) is 0 Å². The summed E-state index contributed by atoms with van der Waals surface area (Å²) in [6.07, 6.45) is 8.47. The van der Waals surface area contributed by atoms with Gasteiger partial charge in [-0.15, -0.1) is 11.5 Å². The van der Waals surface area contributed by atoms with Gasteiger partial charge in [-0.05, 0) is 6.92 Å². The molecule has 1 N–H and O–H groups in total. The van der Waals surface area contributed by atoms with Gasteiger partial charge < -0.3 is 0 Å². The summed E-state index contributed by atoms with van der Waals surface area (Å²) in [6.45, 7) is 1.89. The first-order chi connectivity index (χ1) is 4.88. The van der Waals surface area contributed by atoms with Crippen molar-refractivity contribution in [1.82, 2.24) is 15.4 Å². The van der Waals surface area contributed by atoms with Gasteiger partial charge >= 0.3 is 0 Å². The molecule has 50 valence electrons. The molecule has 3 nitrogen and oxygen atoms in total. The smallest absolute Gasteiger partial charge is 0.120 e. The number of hydrogen-bond acceptors (Lipinski definition) is 2. The Morgan fingerprint density at radius 2 is 2.50 bits per heavy atom. The maximum absolute atomic E-state index is 5.04. The lowest BCUT2D eigenvalue weighted by atomic mass is 10.4. The van der Waals surface area contributed by atoms with Crippen molar-refractivity contribution in [1.29, 1.82) is 0 Å². The molecular weight excluding hydrogens is 126 g/mol. The highest BCUT2D eigenvalue weighted by molar-refractivity contribution is 5.41. The zero-order valence-corrected chi connectivity index (χ0v) is 5.63. The first kappa shape index (κ1) is 6.56. The van der Waals surface area contributed by atoms with Gasteiger partial charge in [-0.3, -0.25) is 5.10 Å². The van der Waals surface area contributed by atoms with E-state index in [1.807, 2.05) is 13.0 Å². The van der Waals surface area contributed by atoms with Crippen molar-refractivity contribution in [2.24, 2.45) is 0 Å². The SMILES string of the molecule is C#C/C=c1/nn[nH]/c1=C/C. The molecule has 0 fully saturated rings. The molecule has 1 aromatic heterocycles. The van der Waals surface area contributed by atoms with E-state index < -0.39 is 0 Å². The first-order valence-corrected chi connectivity index (χ1v) is 2.88. The van der Waals surface area contributed by atoms with E-state index in [4.69, 9.17) is 6.42 Å². The predicted octanol–water partition coefficient (Wildman–Crippen LogP) is -0.981. The fourth-order valence-electron chi connectivity index (χ4n) is 0.642. The van der Waals surface area contributed by atoms with Crippen molar-refractivity contribution in [3.05, 3.63) is 10.7 Å². The summed E-state index contributed by atoms with van der Waals surface area (Å²) in [7, 11) is 0. The molecule has 0 aliphatic heterocycles. The molecular formula is C7H7N3. The number of terminal acetylenes is 1. The highest BCUT2D eigenvalue weighted by atomic mass is 15.3. The van der Waals surface area contributed by atoms with E-state index in [0.717, 1.165) is 5.35 Å². The Morgan fingerprint density at radius 3 is 3.10 bits per heavy atom. The molecule has 1 rings (SSSR count). The molecule has 0 saturated heterocycles. The van der Waals surface area contributed by atoms with Crippen LogP contribution in [0, 0.1) is 12.3 Å². The van der Waals surface area contributed by atoms with Crippen molar-refractivity contribution in [2.45, 2.75) is 6.92 Å². The van der Waals surface area contributed by atoms with Crippen molar-refractivity contribution < 1.29 is 0 Å². The van der Waals surface area contributed by atoms with Crippen LogP contribution >= 0.6 is 0 Å². The largest absolute Gasteiger partial charge is 0.258 e. The molecule has 0 aliphatic rings. The minimum absolute atomic E-state index is 0.713. The Kier molecular flexibility index (Phi) is 1.86. The lowest BCUT2D eigenvalue weighted by Crippen LogP contribution is -2.23. The molecule has 0 radical (unpaired) electrons. The van der Waals surface area contributed by atoms with E-state index in [1.54, 1.807) is 6.08 Å². The molecule has 0 amide bonds. The lowest BCUT2D eigenvalue weighted by molar-refractivity contribution is 0.925. The third kappa shape index (κ3) is 1.06. The van der Waals surface area contributed by atoms with Gasteiger partial charge in [0.1, 0.15) is 5.35 Å². The number of H-pyrrole nitrogens is 1. The number of aromatic nitrogens is 3. The molecule has 0 aliphatic carbocycles. The van der Waals surface area contributed by atoms with E-state index in [1.165, 1.54) is 0 Å². The fraction of sp³-hybridized carbons (Fsp3) is 0.143. The monoisotopic (exact) mass is 133 g/mol. The van der Waals surface area contributed by atoms with Crippen LogP contribution in [-0.4, -0.2) is 15.4 Å². The molecule has 1 aromatic rings. The second-order valence-corrected chi connectivity index (χ2v) is 1.71. The summed E-state index contributed by atoms with van der Waals surface area (Å²) in [6, 6.07) is 0. The van der Waals surface area contributed by atoms with Crippen LogP contribution in [0.15, 0.2) is 0 Å². The third-order valence-corrected chi connectivity index (χ3v) is 1.11. The zero-order chi connectivity index (χ0) is 7.40. The number of aromatic amines is 1. The Balaban J connectivity index is 3.46. The Hall–Kier alpha value is -1.56. The number of nitrogens with zero attached hydrogens (tertiary/aromatic N) is 2. The summed E-state index contributed by atoms with van der Waals surface area (Å²) in [5, 5.41) is 11.6. The van der Waals surface area contributed by atoms with Crippen LogP contribution in [0.25, 0.3) is 12.2 Å². The summed E-state index contributed by atoms with van der Waals surface area (Å²) in [5.41, 5.74) is 0. The van der Waals surface area contributed by atoms with Crippen LogP contribution in [-0.2, 0) is 0 Å². The topological polar surface area (TPSA) is 41.6 Å². The standard InChI is InChI=1S/C7H7N3/c1-3-5-7-6(4-2)8-10-9-7/h1,4-5H,2H3,(H,8,9)/b6-4+,7-5+. The summed E-state index contributed by atoms with van der Waals surface area (Å²) in [5.74, 6) is 2.38. The van der Waals surface area contributed by atoms with Crippen molar-refractivity contribution in [2.75, 3.05) is 0 Å². The quantitative estimate of drug-likeness (QED) is 0.462. The number of hydrogen-bond donors (Lipinski definition) is 1. The fourth-order valence-corrected chi connectivity index (χ4v) is 0.642. The van der Waals surface area contributed by atoms with E-state index in [9.17, 15) is 0 Å². The Morgan fingerprint density at radius 1 is 1.70 bits per heavy atom. The maximum Gasteiger partial charge on any atom is 0.120 e. The van der Waals surface area contributed by atoms with E-state index in [-0.39, 0.29) is 0 Å². The van der Waals surface area contributed by atoms with Gasteiger partial charge in [0, 0.05) is 6.08 Å². The van der Waals surface area contributed by atoms with Gasteiger partial charge in [-0.25, -0.2) is 0 Å². The van der Waals surface area contributed by atoms with E-state index in [0.29, 0.717) is 5.35 Å². The minimum atomic E-state index is 0.713. The molecule has 0 aromatic carbocycles. The van der Waals surface area contributed by atoms with Crippen LogP contribution in [0.2, 0.25) is 0 Å². The lowest BCUT2D eigenvalue weighted by Gasteiger charge is -1.68. The van der Waals surface area contributed by atoms with Gasteiger partial charge in [0.2, 0.25) is 0 Å². The molecule has 10 heavy (non-hydrogen) atoms. The molecule has 0 atom stereocenters. The molecule has 0 saturated carbocycles. The number of nitrogens with one attached hydrogen (secondary N) is 1. The second kappa shape index (κ2) is 2.83. The average Bonchev–Trinajstić information content (AvgIpc) is 2.36. The molecule has 0 bridgehead atoms. The van der Waals surface area contributed by atoms with Crippen molar-refractivity contribution in [3.63, 3.8) is 0 Å². The third-order valence-electron chi connectivity index (χ3n) is 1.11. The highest BCUT2D eigenvalue weighted by Crippen LogP contribution is 1.54. The minimum Gasteiger partial charge on any atom is -0.258 e. The summed E-state index contributed by atoms with van der Waals surface area (Å²) >= 11 is 0. The van der Waals surface area contributed by atoms with Crippen LogP contribution in [0.4, 0.5) is 0 Å². The number of rotatable bonds is 0. The summed E-state index contributed by atoms with van der Waals surface area (Å²) < 4.78 is 0. The van der Waals surface area contributed by atoms with Crippen molar-refractivity contribution in [3.8, 4) is 12.3 Å². The van der Waals surface area contributed by atoms with E-state index in [2.05, 4.69) is 21.3 Å². The molecule has 0 unspecified atom stereocenters.